The van der Waals surface area contributed by atoms with E-state index in [1.807, 2.05) is 18.2 Å². The summed E-state index contributed by atoms with van der Waals surface area (Å²) >= 11 is 5.12. The highest BCUT2D eigenvalue weighted by molar-refractivity contribution is 9.10. The monoisotopic (exact) mass is 363 g/mol. The Morgan fingerprint density at radius 1 is 1.33 bits per heavy atom. The van der Waals surface area contributed by atoms with E-state index in [0.717, 1.165) is 15.9 Å². The minimum atomic E-state index is -0.249. The number of nitrogens with zero attached hydrogens (tertiary/aromatic N) is 1. The first-order valence-corrected chi connectivity index (χ1v) is 8.05. The molecule has 4 nitrogen and oxygen atoms in total. The van der Waals surface area contributed by atoms with E-state index in [1.165, 1.54) is 27.9 Å². The van der Waals surface area contributed by atoms with Crippen molar-refractivity contribution < 1.29 is 4.79 Å². The molecule has 0 bridgehead atoms. The highest BCUT2D eigenvalue weighted by Gasteiger charge is 2.13. The van der Waals surface area contributed by atoms with Gasteiger partial charge in [0.2, 0.25) is 0 Å². The molecular weight excluding hydrogens is 350 g/mol. The number of hydrazine groups is 1. The van der Waals surface area contributed by atoms with Crippen LogP contribution in [0.25, 0.3) is 10.9 Å². The molecule has 0 aliphatic heterocycles. The zero-order chi connectivity index (χ0) is 15.0. The van der Waals surface area contributed by atoms with Crippen LogP contribution < -0.4 is 11.3 Å². The molecular formula is C15H14BrN3OS. The Balaban J connectivity index is 2.00. The number of rotatable bonds is 3. The second-order valence-electron chi connectivity index (χ2n) is 4.74. The number of benzene rings is 1. The van der Waals surface area contributed by atoms with Crippen molar-refractivity contribution in [2.75, 3.05) is 0 Å². The van der Waals surface area contributed by atoms with Crippen molar-refractivity contribution in [2.45, 2.75) is 13.5 Å². The SMILES string of the molecule is Cc1c(Br)c2ccccc2n1Cc1ccc(C(=O)NN)s1. The zero-order valence-electron chi connectivity index (χ0n) is 11.4. The van der Waals surface area contributed by atoms with E-state index in [4.69, 9.17) is 5.84 Å². The molecule has 0 fully saturated rings. The maximum absolute atomic E-state index is 11.5. The van der Waals surface area contributed by atoms with Gasteiger partial charge in [0.1, 0.15) is 0 Å². The van der Waals surface area contributed by atoms with Gasteiger partial charge in [0.15, 0.2) is 0 Å². The molecule has 0 atom stereocenters. The summed E-state index contributed by atoms with van der Waals surface area (Å²) < 4.78 is 3.37. The van der Waals surface area contributed by atoms with Crippen molar-refractivity contribution in [3.63, 3.8) is 0 Å². The van der Waals surface area contributed by atoms with E-state index in [1.54, 1.807) is 6.07 Å². The predicted molar refractivity (Wildman–Crippen MR) is 89.4 cm³/mol. The first kappa shape index (κ1) is 14.3. The maximum atomic E-state index is 11.5. The molecule has 108 valence electrons. The zero-order valence-corrected chi connectivity index (χ0v) is 13.8. The Labute approximate surface area is 134 Å². The summed E-state index contributed by atoms with van der Waals surface area (Å²) in [5, 5.41) is 1.20. The fourth-order valence-electron chi connectivity index (χ4n) is 2.40. The van der Waals surface area contributed by atoms with Gasteiger partial charge in [-0.1, -0.05) is 18.2 Å². The molecule has 2 aromatic heterocycles. The van der Waals surface area contributed by atoms with Crippen LogP contribution in [-0.2, 0) is 6.54 Å². The predicted octanol–water partition coefficient (Wildman–Crippen LogP) is 3.43. The van der Waals surface area contributed by atoms with Gasteiger partial charge in [-0.05, 0) is 41.1 Å². The van der Waals surface area contributed by atoms with Crippen molar-refractivity contribution in [1.29, 1.82) is 0 Å². The van der Waals surface area contributed by atoms with E-state index < -0.39 is 0 Å². The van der Waals surface area contributed by atoms with Gasteiger partial charge in [-0.3, -0.25) is 10.2 Å². The lowest BCUT2D eigenvalue weighted by Gasteiger charge is -2.06. The van der Waals surface area contributed by atoms with E-state index in [0.29, 0.717) is 4.88 Å². The molecule has 0 saturated heterocycles. The number of fused-ring (bicyclic) bond motifs is 1. The molecule has 0 aliphatic rings. The number of nitrogens with one attached hydrogen (secondary N) is 1. The number of amides is 1. The van der Waals surface area contributed by atoms with Crippen LogP contribution in [0.4, 0.5) is 0 Å². The molecule has 0 saturated carbocycles. The van der Waals surface area contributed by atoms with Crippen molar-refractivity contribution in [1.82, 2.24) is 9.99 Å². The van der Waals surface area contributed by atoms with Crippen molar-refractivity contribution in [3.05, 3.63) is 56.3 Å². The molecule has 0 spiro atoms. The first-order valence-electron chi connectivity index (χ1n) is 6.45. The molecule has 0 aliphatic carbocycles. The van der Waals surface area contributed by atoms with Gasteiger partial charge in [-0.25, -0.2) is 5.84 Å². The van der Waals surface area contributed by atoms with Gasteiger partial charge in [0.25, 0.3) is 5.91 Å². The van der Waals surface area contributed by atoms with E-state index in [2.05, 4.69) is 45.0 Å². The average molecular weight is 364 g/mol. The number of nitrogen functional groups attached to an aromatic ring is 1. The van der Waals surface area contributed by atoms with Gasteiger partial charge >= 0.3 is 0 Å². The molecule has 21 heavy (non-hydrogen) atoms. The van der Waals surface area contributed by atoms with Crippen LogP contribution in [0.15, 0.2) is 40.9 Å². The third kappa shape index (κ3) is 2.50. The molecule has 3 aromatic rings. The summed E-state index contributed by atoms with van der Waals surface area (Å²) in [5.41, 5.74) is 4.52. The molecule has 0 unspecified atom stereocenters. The van der Waals surface area contributed by atoms with Crippen LogP contribution in [0.3, 0.4) is 0 Å². The largest absolute Gasteiger partial charge is 0.338 e. The quantitative estimate of drug-likeness (QED) is 0.425. The smallest absolute Gasteiger partial charge is 0.275 e. The highest BCUT2D eigenvalue weighted by atomic mass is 79.9. The van der Waals surface area contributed by atoms with E-state index >= 15 is 0 Å². The van der Waals surface area contributed by atoms with Gasteiger partial charge in [-0.15, -0.1) is 11.3 Å². The Morgan fingerprint density at radius 2 is 2.10 bits per heavy atom. The minimum Gasteiger partial charge on any atom is -0.338 e. The molecule has 6 heteroatoms. The molecule has 3 N–H and O–H groups in total. The highest BCUT2D eigenvalue weighted by Crippen LogP contribution is 2.31. The van der Waals surface area contributed by atoms with Crippen LogP contribution in [0.2, 0.25) is 0 Å². The minimum absolute atomic E-state index is 0.249. The number of carbonyl (C=O) groups is 1. The van der Waals surface area contributed by atoms with Gasteiger partial charge in [0, 0.05) is 25.9 Å². The summed E-state index contributed by atoms with van der Waals surface area (Å²) in [7, 11) is 0. The number of aromatic nitrogens is 1. The average Bonchev–Trinajstić information content (AvgIpc) is 3.07. The van der Waals surface area contributed by atoms with Crippen LogP contribution in [0.5, 0.6) is 0 Å². The summed E-state index contributed by atoms with van der Waals surface area (Å²) in [6.45, 7) is 2.83. The lowest BCUT2D eigenvalue weighted by Crippen LogP contribution is -2.29. The second kappa shape index (κ2) is 5.63. The van der Waals surface area contributed by atoms with Crippen molar-refractivity contribution in [2.24, 2.45) is 5.84 Å². The Bertz CT molecular complexity index is 822. The van der Waals surface area contributed by atoms with Crippen molar-refractivity contribution >= 4 is 44.1 Å². The first-order chi connectivity index (χ1) is 10.1. The number of halogens is 1. The summed E-state index contributed by atoms with van der Waals surface area (Å²) in [5.74, 6) is 4.91. The number of hydrogen-bond acceptors (Lipinski definition) is 3. The molecule has 1 aromatic carbocycles. The summed E-state index contributed by atoms with van der Waals surface area (Å²) in [6.07, 6.45) is 0. The number of hydrogen-bond donors (Lipinski definition) is 2. The molecule has 0 radical (unpaired) electrons. The number of carbonyl (C=O) groups excluding carboxylic acids is 1. The molecule has 1 amide bonds. The fourth-order valence-corrected chi connectivity index (χ4v) is 3.85. The lowest BCUT2D eigenvalue weighted by atomic mass is 10.2. The molecule has 2 heterocycles. The third-order valence-electron chi connectivity index (χ3n) is 3.48. The van der Waals surface area contributed by atoms with E-state index in [9.17, 15) is 4.79 Å². The van der Waals surface area contributed by atoms with Crippen LogP contribution >= 0.6 is 27.3 Å². The normalized spacial score (nSPS) is 11.0. The number of nitrogens with two attached hydrogens (primary N) is 1. The Hall–Kier alpha value is -1.63. The second-order valence-corrected chi connectivity index (χ2v) is 6.70. The number of thiophene rings is 1. The Kier molecular flexibility index (Phi) is 3.84. The van der Waals surface area contributed by atoms with Gasteiger partial charge in [-0.2, -0.15) is 0 Å². The van der Waals surface area contributed by atoms with Crippen LogP contribution in [-0.4, -0.2) is 10.5 Å². The van der Waals surface area contributed by atoms with Crippen molar-refractivity contribution in [3.8, 4) is 0 Å². The summed E-state index contributed by atoms with van der Waals surface area (Å²) in [4.78, 5) is 13.3. The van der Waals surface area contributed by atoms with Gasteiger partial charge < -0.3 is 4.57 Å². The molecule has 3 rings (SSSR count). The van der Waals surface area contributed by atoms with E-state index in [-0.39, 0.29) is 5.91 Å². The van der Waals surface area contributed by atoms with Gasteiger partial charge in [0.05, 0.1) is 11.4 Å². The lowest BCUT2D eigenvalue weighted by molar-refractivity contribution is 0.0957. The third-order valence-corrected chi connectivity index (χ3v) is 5.55. The van der Waals surface area contributed by atoms with Crippen LogP contribution in [0.1, 0.15) is 20.2 Å². The topological polar surface area (TPSA) is 60.0 Å². The summed E-state index contributed by atoms with van der Waals surface area (Å²) in [6, 6.07) is 12.0. The standard InChI is InChI=1S/C15H14BrN3OS/c1-9-14(16)11-4-2-3-5-12(11)19(9)8-10-6-7-13(21-10)15(20)18-17/h2-7H,8,17H2,1H3,(H,18,20). The Morgan fingerprint density at radius 3 is 2.86 bits per heavy atom. The number of para-hydroxylation sites is 1. The van der Waals surface area contributed by atoms with Crippen LogP contribution in [0, 0.1) is 6.92 Å². The fraction of sp³-hybridized carbons (Fsp3) is 0.133. The maximum Gasteiger partial charge on any atom is 0.275 e.